The first kappa shape index (κ1) is 12.7. The summed E-state index contributed by atoms with van der Waals surface area (Å²) in [6, 6.07) is 3.78. The molecular weight excluding hydrogens is 230 g/mol. The van der Waals surface area contributed by atoms with Gasteiger partial charge in [0.25, 0.3) is 0 Å². The van der Waals surface area contributed by atoms with Crippen molar-refractivity contribution in [3.05, 3.63) is 35.4 Å². The van der Waals surface area contributed by atoms with E-state index in [0.717, 1.165) is 42.7 Å². The Morgan fingerprint density at radius 3 is 3.00 bits per heavy atom. The van der Waals surface area contributed by atoms with Crippen LogP contribution in [0.1, 0.15) is 38.4 Å². The highest BCUT2D eigenvalue weighted by molar-refractivity contribution is 5.89. The first-order valence-corrected chi connectivity index (χ1v) is 6.46. The highest BCUT2D eigenvalue weighted by atomic mass is 16.5. The second-order valence-electron chi connectivity index (χ2n) is 4.32. The number of nitrogens with one attached hydrogen (secondary N) is 1. The van der Waals surface area contributed by atoms with Gasteiger partial charge in [0.05, 0.1) is 25.0 Å². The van der Waals surface area contributed by atoms with Gasteiger partial charge < -0.3 is 14.5 Å². The van der Waals surface area contributed by atoms with Crippen molar-refractivity contribution >= 4 is 5.97 Å². The van der Waals surface area contributed by atoms with E-state index in [1.807, 2.05) is 19.1 Å². The minimum Gasteiger partial charge on any atom is -0.467 e. The van der Waals surface area contributed by atoms with Crippen molar-refractivity contribution in [2.24, 2.45) is 0 Å². The second kappa shape index (κ2) is 6.28. The summed E-state index contributed by atoms with van der Waals surface area (Å²) in [6.45, 7) is 2.87. The molecule has 4 heteroatoms. The van der Waals surface area contributed by atoms with E-state index in [9.17, 15) is 4.79 Å². The minimum atomic E-state index is -0.181. The van der Waals surface area contributed by atoms with Crippen LogP contribution >= 0.6 is 0 Å². The van der Waals surface area contributed by atoms with Crippen molar-refractivity contribution in [1.82, 2.24) is 5.32 Å². The molecule has 0 bridgehead atoms. The van der Waals surface area contributed by atoms with Gasteiger partial charge in [-0.1, -0.05) is 0 Å². The topological polar surface area (TPSA) is 51.5 Å². The highest BCUT2D eigenvalue weighted by Crippen LogP contribution is 2.24. The predicted molar refractivity (Wildman–Crippen MR) is 67.7 cm³/mol. The van der Waals surface area contributed by atoms with Crippen LogP contribution < -0.4 is 5.32 Å². The molecule has 18 heavy (non-hydrogen) atoms. The van der Waals surface area contributed by atoms with Gasteiger partial charge in [0.1, 0.15) is 5.76 Å². The Balaban J connectivity index is 2.03. The van der Waals surface area contributed by atoms with Crippen LogP contribution in [0.5, 0.6) is 0 Å². The summed E-state index contributed by atoms with van der Waals surface area (Å²) >= 11 is 0. The third-order valence-corrected chi connectivity index (χ3v) is 3.05. The largest absolute Gasteiger partial charge is 0.467 e. The van der Waals surface area contributed by atoms with E-state index in [0.29, 0.717) is 13.2 Å². The average molecular weight is 249 g/mol. The minimum absolute atomic E-state index is 0.181. The molecule has 0 aliphatic heterocycles. The Kier molecular flexibility index (Phi) is 4.45. The summed E-state index contributed by atoms with van der Waals surface area (Å²) in [6.07, 6.45) is 5.54. The van der Waals surface area contributed by atoms with E-state index < -0.39 is 0 Å². The van der Waals surface area contributed by atoms with E-state index in [1.165, 1.54) is 0 Å². The van der Waals surface area contributed by atoms with Crippen molar-refractivity contribution in [2.45, 2.75) is 39.2 Å². The van der Waals surface area contributed by atoms with E-state index in [2.05, 4.69) is 5.32 Å². The zero-order chi connectivity index (χ0) is 12.8. The Morgan fingerprint density at radius 2 is 2.28 bits per heavy atom. The van der Waals surface area contributed by atoms with Crippen molar-refractivity contribution in [3.8, 4) is 0 Å². The van der Waals surface area contributed by atoms with Crippen LogP contribution in [0.4, 0.5) is 0 Å². The van der Waals surface area contributed by atoms with Crippen LogP contribution in [0.15, 0.2) is 34.1 Å². The van der Waals surface area contributed by atoms with Gasteiger partial charge >= 0.3 is 5.97 Å². The molecule has 1 heterocycles. The molecule has 0 atom stereocenters. The molecule has 1 aliphatic rings. The fraction of sp³-hybridized carbons (Fsp3) is 0.500. The van der Waals surface area contributed by atoms with Gasteiger partial charge in [-0.15, -0.1) is 0 Å². The van der Waals surface area contributed by atoms with Gasteiger partial charge in [-0.3, -0.25) is 0 Å². The van der Waals surface area contributed by atoms with Gasteiger partial charge in [0, 0.05) is 5.70 Å². The number of esters is 1. The van der Waals surface area contributed by atoms with Gasteiger partial charge in [-0.25, -0.2) is 4.79 Å². The Morgan fingerprint density at radius 1 is 1.44 bits per heavy atom. The molecule has 0 unspecified atom stereocenters. The third kappa shape index (κ3) is 3.15. The van der Waals surface area contributed by atoms with Crippen molar-refractivity contribution in [1.29, 1.82) is 0 Å². The molecular formula is C14H19NO3. The second-order valence-corrected chi connectivity index (χ2v) is 4.32. The number of allylic oxidation sites excluding steroid dienone is 1. The summed E-state index contributed by atoms with van der Waals surface area (Å²) < 4.78 is 10.4. The maximum Gasteiger partial charge on any atom is 0.335 e. The predicted octanol–water partition coefficient (Wildman–Crippen LogP) is 2.76. The SMILES string of the molecule is CCOC(=O)C1=C(NCc2ccco2)CCCC1. The molecule has 1 aromatic heterocycles. The lowest BCUT2D eigenvalue weighted by Gasteiger charge is -2.20. The first-order chi connectivity index (χ1) is 8.81. The lowest BCUT2D eigenvalue weighted by atomic mass is 9.96. The number of hydrogen-bond acceptors (Lipinski definition) is 4. The molecule has 4 nitrogen and oxygen atoms in total. The molecule has 1 aliphatic carbocycles. The maximum absolute atomic E-state index is 11.8. The molecule has 2 rings (SSSR count). The standard InChI is InChI=1S/C14H19NO3/c1-2-17-14(16)12-7-3-4-8-13(12)15-10-11-6-5-9-18-11/h5-6,9,15H,2-4,7-8,10H2,1H3. The summed E-state index contributed by atoms with van der Waals surface area (Å²) in [5, 5.41) is 3.30. The monoisotopic (exact) mass is 249 g/mol. The molecule has 0 fully saturated rings. The normalized spacial score (nSPS) is 15.6. The van der Waals surface area contributed by atoms with Crippen LogP contribution in [-0.4, -0.2) is 12.6 Å². The molecule has 0 spiro atoms. The van der Waals surface area contributed by atoms with Crippen molar-refractivity contribution in [2.75, 3.05) is 6.61 Å². The molecule has 1 aromatic rings. The quantitative estimate of drug-likeness (QED) is 0.815. The molecule has 0 amide bonds. The molecule has 1 N–H and O–H groups in total. The summed E-state index contributed by atoms with van der Waals surface area (Å²) in [4.78, 5) is 11.8. The first-order valence-electron chi connectivity index (χ1n) is 6.46. The maximum atomic E-state index is 11.8. The van der Waals surface area contributed by atoms with E-state index in [1.54, 1.807) is 6.26 Å². The van der Waals surface area contributed by atoms with Gasteiger partial charge in [-0.05, 0) is 44.7 Å². The number of rotatable bonds is 5. The zero-order valence-corrected chi connectivity index (χ0v) is 10.7. The average Bonchev–Trinajstić information content (AvgIpc) is 2.90. The van der Waals surface area contributed by atoms with E-state index in [4.69, 9.17) is 9.15 Å². The Bertz CT molecular complexity index is 420. The zero-order valence-electron chi connectivity index (χ0n) is 10.7. The number of ether oxygens (including phenoxy) is 1. The molecule has 0 saturated carbocycles. The molecule has 0 aromatic carbocycles. The molecule has 0 saturated heterocycles. The van der Waals surface area contributed by atoms with Crippen LogP contribution in [0, 0.1) is 0 Å². The number of hydrogen-bond donors (Lipinski definition) is 1. The number of furan rings is 1. The fourth-order valence-corrected chi connectivity index (χ4v) is 2.15. The van der Waals surface area contributed by atoms with Gasteiger partial charge in [0.15, 0.2) is 0 Å². The lowest BCUT2D eigenvalue weighted by Crippen LogP contribution is -2.22. The third-order valence-electron chi connectivity index (χ3n) is 3.05. The van der Waals surface area contributed by atoms with Crippen LogP contribution in [0.25, 0.3) is 0 Å². The summed E-state index contributed by atoms with van der Waals surface area (Å²) in [7, 11) is 0. The number of carbonyl (C=O) groups is 1. The molecule has 0 radical (unpaired) electrons. The van der Waals surface area contributed by atoms with Crippen LogP contribution in [-0.2, 0) is 16.1 Å². The van der Waals surface area contributed by atoms with E-state index >= 15 is 0 Å². The van der Waals surface area contributed by atoms with Crippen LogP contribution in [0.2, 0.25) is 0 Å². The van der Waals surface area contributed by atoms with Gasteiger partial charge in [0.2, 0.25) is 0 Å². The smallest absolute Gasteiger partial charge is 0.335 e. The highest BCUT2D eigenvalue weighted by Gasteiger charge is 2.20. The van der Waals surface area contributed by atoms with Gasteiger partial charge in [-0.2, -0.15) is 0 Å². The lowest BCUT2D eigenvalue weighted by molar-refractivity contribution is -0.138. The van der Waals surface area contributed by atoms with Crippen molar-refractivity contribution in [3.63, 3.8) is 0 Å². The molecule has 98 valence electrons. The Hall–Kier alpha value is -1.71. The van der Waals surface area contributed by atoms with E-state index in [-0.39, 0.29) is 5.97 Å². The van der Waals surface area contributed by atoms with Crippen molar-refractivity contribution < 1.29 is 13.9 Å². The summed E-state index contributed by atoms with van der Waals surface area (Å²) in [5.74, 6) is 0.690. The number of carbonyl (C=O) groups excluding carboxylic acids is 1. The fourth-order valence-electron chi connectivity index (χ4n) is 2.15. The van der Waals surface area contributed by atoms with Crippen LogP contribution in [0.3, 0.4) is 0 Å². The summed E-state index contributed by atoms with van der Waals surface area (Å²) in [5.41, 5.74) is 1.81. The Labute approximate surface area is 107 Å².